The number of aromatic nitrogens is 2. The number of aromatic amines is 2. The Morgan fingerprint density at radius 1 is 1.27 bits per heavy atom. The lowest BCUT2D eigenvalue weighted by atomic mass is 10.2. The van der Waals surface area contributed by atoms with Crippen LogP contribution in [0.1, 0.15) is 18.4 Å². The van der Waals surface area contributed by atoms with Gasteiger partial charge < -0.3 is 15.3 Å². The van der Waals surface area contributed by atoms with Gasteiger partial charge in [0, 0.05) is 12.6 Å². The van der Waals surface area contributed by atoms with Crippen molar-refractivity contribution in [2.75, 3.05) is 0 Å². The minimum Gasteiger partial charge on any atom is -0.310 e. The molecule has 78 valence electrons. The van der Waals surface area contributed by atoms with Crippen LogP contribution in [0.5, 0.6) is 0 Å². The van der Waals surface area contributed by atoms with Gasteiger partial charge in [0.15, 0.2) is 0 Å². The zero-order valence-corrected chi connectivity index (χ0v) is 8.34. The first-order valence-corrected chi connectivity index (χ1v) is 5.25. The first-order chi connectivity index (χ1) is 7.31. The van der Waals surface area contributed by atoms with Gasteiger partial charge in [0.05, 0.1) is 11.0 Å². The lowest BCUT2D eigenvalue weighted by Gasteiger charge is -2.02. The monoisotopic (exact) mass is 203 g/mol. The number of H-pyrrole nitrogens is 2. The summed E-state index contributed by atoms with van der Waals surface area (Å²) in [5.41, 5.74) is 2.83. The Kier molecular flexibility index (Phi) is 1.89. The first kappa shape index (κ1) is 8.73. The van der Waals surface area contributed by atoms with E-state index < -0.39 is 0 Å². The van der Waals surface area contributed by atoms with Crippen LogP contribution in [0.4, 0.5) is 0 Å². The van der Waals surface area contributed by atoms with E-state index in [1.807, 2.05) is 18.2 Å². The second kappa shape index (κ2) is 3.24. The highest BCUT2D eigenvalue weighted by molar-refractivity contribution is 5.74. The molecule has 0 saturated heterocycles. The van der Waals surface area contributed by atoms with Gasteiger partial charge in [-0.25, -0.2) is 4.79 Å². The van der Waals surface area contributed by atoms with E-state index in [-0.39, 0.29) is 5.69 Å². The number of hydrogen-bond acceptors (Lipinski definition) is 2. The largest absolute Gasteiger partial charge is 0.323 e. The van der Waals surface area contributed by atoms with Crippen LogP contribution in [0.2, 0.25) is 0 Å². The topological polar surface area (TPSA) is 60.7 Å². The Labute approximate surface area is 86.7 Å². The SMILES string of the molecule is O=c1[nH]c2ccc(CNC3CC3)cc2[nH]1. The van der Waals surface area contributed by atoms with Crippen molar-refractivity contribution in [3.05, 3.63) is 34.2 Å². The molecule has 0 amide bonds. The molecule has 0 spiro atoms. The third kappa shape index (κ3) is 1.80. The van der Waals surface area contributed by atoms with Crippen molar-refractivity contribution in [1.29, 1.82) is 0 Å². The Balaban J connectivity index is 1.87. The van der Waals surface area contributed by atoms with E-state index >= 15 is 0 Å². The highest BCUT2D eigenvalue weighted by Crippen LogP contribution is 2.19. The fraction of sp³-hybridized carbons (Fsp3) is 0.364. The van der Waals surface area contributed by atoms with Crippen molar-refractivity contribution in [3.63, 3.8) is 0 Å². The van der Waals surface area contributed by atoms with Crippen molar-refractivity contribution >= 4 is 11.0 Å². The van der Waals surface area contributed by atoms with Crippen LogP contribution in [0, 0.1) is 0 Å². The summed E-state index contributed by atoms with van der Waals surface area (Å²) < 4.78 is 0. The summed E-state index contributed by atoms with van der Waals surface area (Å²) in [6, 6.07) is 6.72. The third-order valence-electron chi connectivity index (χ3n) is 2.75. The molecule has 3 rings (SSSR count). The van der Waals surface area contributed by atoms with E-state index in [1.165, 1.54) is 18.4 Å². The molecule has 15 heavy (non-hydrogen) atoms. The minimum absolute atomic E-state index is 0.141. The molecule has 1 aromatic heterocycles. The van der Waals surface area contributed by atoms with E-state index in [0.29, 0.717) is 6.04 Å². The fourth-order valence-corrected chi connectivity index (χ4v) is 1.74. The molecule has 1 aromatic carbocycles. The summed E-state index contributed by atoms with van der Waals surface area (Å²) in [6.07, 6.45) is 2.59. The number of fused-ring (bicyclic) bond motifs is 1. The zero-order chi connectivity index (χ0) is 10.3. The van der Waals surface area contributed by atoms with Crippen molar-refractivity contribution in [3.8, 4) is 0 Å². The number of hydrogen-bond donors (Lipinski definition) is 3. The predicted octanol–water partition coefficient (Wildman–Crippen LogP) is 1.11. The lowest BCUT2D eigenvalue weighted by Crippen LogP contribution is -2.15. The van der Waals surface area contributed by atoms with Crippen LogP contribution in [-0.4, -0.2) is 16.0 Å². The van der Waals surface area contributed by atoms with Crippen LogP contribution in [-0.2, 0) is 6.54 Å². The maximum absolute atomic E-state index is 11.0. The quantitative estimate of drug-likeness (QED) is 0.699. The van der Waals surface area contributed by atoms with Gasteiger partial charge in [0.2, 0.25) is 0 Å². The van der Waals surface area contributed by atoms with Crippen molar-refractivity contribution < 1.29 is 0 Å². The molecule has 1 aliphatic carbocycles. The van der Waals surface area contributed by atoms with E-state index in [9.17, 15) is 4.79 Å². The Bertz CT molecular complexity index is 536. The Morgan fingerprint density at radius 3 is 2.87 bits per heavy atom. The van der Waals surface area contributed by atoms with Crippen molar-refractivity contribution in [2.24, 2.45) is 0 Å². The average Bonchev–Trinajstić information content (AvgIpc) is 2.96. The standard InChI is InChI=1S/C11H13N3O/c15-11-13-9-4-1-7(5-10(9)14-11)6-12-8-2-3-8/h1,4-5,8,12H,2-3,6H2,(H2,13,14,15). The summed E-state index contributed by atoms with van der Waals surface area (Å²) in [7, 11) is 0. The van der Waals surface area contributed by atoms with Crippen LogP contribution in [0.25, 0.3) is 11.0 Å². The van der Waals surface area contributed by atoms with Crippen molar-refractivity contribution in [2.45, 2.75) is 25.4 Å². The normalized spacial score (nSPS) is 16.0. The van der Waals surface area contributed by atoms with Gasteiger partial charge in [-0.1, -0.05) is 6.07 Å². The third-order valence-corrected chi connectivity index (χ3v) is 2.75. The number of nitrogens with one attached hydrogen (secondary N) is 3. The molecule has 1 saturated carbocycles. The van der Waals surface area contributed by atoms with Crippen LogP contribution in [0.15, 0.2) is 23.0 Å². The summed E-state index contributed by atoms with van der Waals surface area (Å²) in [4.78, 5) is 16.5. The molecule has 0 atom stereocenters. The van der Waals surface area contributed by atoms with Gasteiger partial charge in [-0.3, -0.25) is 0 Å². The molecule has 1 fully saturated rings. The molecule has 4 heteroatoms. The number of benzene rings is 1. The van der Waals surface area contributed by atoms with Gasteiger partial charge in [-0.05, 0) is 30.5 Å². The van der Waals surface area contributed by atoms with Crippen LogP contribution in [0.3, 0.4) is 0 Å². The maximum atomic E-state index is 11.0. The molecular weight excluding hydrogens is 190 g/mol. The summed E-state index contributed by atoms with van der Waals surface area (Å²) in [6.45, 7) is 0.883. The molecular formula is C11H13N3O. The van der Waals surface area contributed by atoms with Gasteiger partial charge in [-0.2, -0.15) is 0 Å². The number of imidazole rings is 1. The van der Waals surface area contributed by atoms with E-state index in [1.54, 1.807) is 0 Å². The summed E-state index contributed by atoms with van der Waals surface area (Å²) in [5.74, 6) is 0. The first-order valence-electron chi connectivity index (χ1n) is 5.25. The fourth-order valence-electron chi connectivity index (χ4n) is 1.74. The summed E-state index contributed by atoms with van der Waals surface area (Å²) >= 11 is 0. The average molecular weight is 203 g/mol. The van der Waals surface area contributed by atoms with Gasteiger partial charge in [0.25, 0.3) is 0 Å². The van der Waals surface area contributed by atoms with Gasteiger partial charge in [0.1, 0.15) is 0 Å². The molecule has 0 aliphatic heterocycles. The number of rotatable bonds is 3. The smallest absolute Gasteiger partial charge is 0.310 e. The molecule has 0 radical (unpaired) electrons. The molecule has 1 aliphatic rings. The van der Waals surface area contributed by atoms with Crippen LogP contribution < -0.4 is 11.0 Å². The summed E-state index contributed by atoms with van der Waals surface area (Å²) in [5, 5.41) is 3.44. The molecule has 0 bridgehead atoms. The van der Waals surface area contributed by atoms with Gasteiger partial charge in [-0.15, -0.1) is 0 Å². The molecule has 3 N–H and O–H groups in total. The molecule has 2 aromatic rings. The second-order valence-corrected chi connectivity index (χ2v) is 4.11. The van der Waals surface area contributed by atoms with Gasteiger partial charge >= 0.3 is 5.69 Å². The van der Waals surface area contributed by atoms with E-state index in [2.05, 4.69) is 15.3 Å². The zero-order valence-electron chi connectivity index (χ0n) is 8.34. The lowest BCUT2D eigenvalue weighted by molar-refractivity contribution is 0.688. The van der Waals surface area contributed by atoms with E-state index in [4.69, 9.17) is 0 Å². The Morgan fingerprint density at radius 2 is 2.07 bits per heavy atom. The molecule has 4 nitrogen and oxygen atoms in total. The predicted molar refractivity (Wildman–Crippen MR) is 58.8 cm³/mol. The van der Waals surface area contributed by atoms with Crippen LogP contribution >= 0.6 is 0 Å². The van der Waals surface area contributed by atoms with Crippen molar-refractivity contribution in [1.82, 2.24) is 15.3 Å². The highest BCUT2D eigenvalue weighted by Gasteiger charge is 2.19. The highest BCUT2D eigenvalue weighted by atomic mass is 16.1. The minimum atomic E-state index is -0.141. The van der Waals surface area contributed by atoms with E-state index in [0.717, 1.165) is 17.6 Å². The molecule has 1 heterocycles. The molecule has 0 unspecified atom stereocenters. The Hall–Kier alpha value is -1.55. The second-order valence-electron chi connectivity index (χ2n) is 4.11. The maximum Gasteiger partial charge on any atom is 0.323 e.